The number of allylic oxidation sites excluding steroid dienone is 3. The molecule has 3 rings (SSSR count). The number of rotatable bonds is 7. The quantitative estimate of drug-likeness (QED) is 0.250. The van der Waals surface area contributed by atoms with E-state index in [-0.39, 0.29) is 24.4 Å². The number of aliphatic hydroxyl groups is 6. The second kappa shape index (κ2) is 11.4. The predicted octanol–water partition coefficient (Wildman–Crippen LogP) is -1.08. The molecule has 0 bridgehead atoms. The van der Waals surface area contributed by atoms with Crippen LogP contribution in [-0.4, -0.2) is 111 Å². The van der Waals surface area contributed by atoms with Gasteiger partial charge >= 0.3 is 0 Å². The molecule has 200 valence electrons. The van der Waals surface area contributed by atoms with Crippen molar-refractivity contribution >= 4 is 5.78 Å². The fraction of sp³-hybridized carbons (Fsp3) is 0.792. The lowest BCUT2D eigenvalue weighted by Crippen LogP contribution is -2.60. The molecule has 0 aromatic carbocycles. The van der Waals surface area contributed by atoms with Crippen molar-refractivity contribution in [2.24, 2.45) is 5.41 Å². The minimum atomic E-state index is -1.58. The lowest BCUT2D eigenvalue weighted by atomic mass is 9.72. The van der Waals surface area contributed by atoms with E-state index in [9.17, 15) is 35.4 Å². The van der Waals surface area contributed by atoms with Crippen LogP contribution in [0.5, 0.6) is 0 Å². The van der Waals surface area contributed by atoms with E-state index in [1.54, 1.807) is 13.0 Å². The van der Waals surface area contributed by atoms with Crippen LogP contribution in [0.2, 0.25) is 0 Å². The molecule has 11 nitrogen and oxygen atoms in total. The molecule has 11 heteroatoms. The first-order chi connectivity index (χ1) is 16.3. The van der Waals surface area contributed by atoms with Gasteiger partial charge in [0.25, 0.3) is 0 Å². The highest BCUT2D eigenvalue weighted by Gasteiger charge is 2.46. The lowest BCUT2D eigenvalue weighted by Gasteiger charge is -2.42. The third-order valence-electron chi connectivity index (χ3n) is 6.72. The monoisotopic (exact) mass is 502 g/mol. The van der Waals surface area contributed by atoms with E-state index in [4.69, 9.17) is 18.9 Å². The highest BCUT2D eigenvalue weighted by molar-refractivity contribution is 5.93. The molecule has 10 unspecified atom stereocenters. The molecule has 0 aromatic rings. The SMILES string of the molecule is CC1=CC(=O)CC(C)(C)C1=CCC(C)OC1OC(COC2OCC(O)C(O)C2O)C(O)C(O)C1O. The Morgan fingerprint density at radius 2 is 1.71 bits per heavy atom. The first-order valence-electron chi connectivity index (χ1n) is 11.9. The Balaban J connectivity index is 1.59. The van der Waals surface area contributed by atoms with Crippen LogP contribution in [0, 0.1) is 5.41 Å². The van der Waals surface area contributed by atoms with Gasteiger partial charge in [-0.05, 0) is 42.9 Å². The molecule has 1 aliphatic carbocycles. The Kier molecular flexibility index (Phi) is 9.25. The van der Waals surface area contributed by atoms with Gasteiger partial charge in [-0.25, -0.2) is 0 Å². The molecule has 3 aliphatic rings. The molecule has 2 aliphatic heterocycles. The van der Waals surface area contributed by atoms with Crippen LogP contribution >= 0.6 is 0 Å². The van der Waals surface area contributed by atoms with Crippen molar-refractivity contribution in [1.82, 2.24) is 0 Å². The summed E-state index contributed by atoms with van der Waals surface area (Å²) in [5.74, 6) is 0.0883. The van der Waals surface area contributed by atoms with E-state index in [1.165, 1.54) is 0 Å². The fourth-order valence-electron chi connectivity index (χ4n) is 4.72. The summed E-state index contributed by atoms with van der Waals surface area (Å²) >= 11 is 0. The van der Waals surface area contributed by atoms with Crippen LogP contribution in [0.15, 0.2) is 23.3 Å². The van der Waals surface area contributed by atoms with E-state index in [0.717, 1.165) is 11.1 Å². The van der Waals surface area contributed by atoms with E-state index in [1.807, 2.05) is 26.8 Å². The van der Waals surface area contributed by atoms with Gasteiger partial charge in [-0.15, -0.1) is 0 Å². The van der Waals surface area contributed by atoms with Crippen molar-refractivity contribution in [3.05, 3.63) is 23.3 Å². The molecule has 2 fully saturated rings. The molecule has 6 N–H and O–H groups in total. The first kappa shape index (κ1) is 28.3. The average Bonchev–Trinajstić information content (AvgIpc) is 2.76. The standard InChI is InChI=1S/C24H38O11/c1-11-7-13(25)8-24(3,4)14(11)6-5-12(2)34-23-21(31)19(29)18(28)16(35-23)10-33-22-20(30)17(27)15(26)9-32-22/h6-7,12,15-23,26-31H,5,8-10H2,1-4H3. The Morgan fingerprint density at radius 3 is 2.37 bits per heavy atom. The average molecular weight is 503 g/mol. The second-order valence-corrected chi connectivity index (χ2v) is 10.3. The number of aliphatic hydroxyl groups excluding tert-OH is 6. The molecule has 0 aromatic heterocycles. The summed E-state index contributed by atoms with van der Waals surface area (Å²) in [6.45, 7) is 7.06. The molecule has 10 atom stereocenters. The normalized spacial score (nSPS) is 42.1. The lowest BCUT2D eigenvalue weighted by molar-refractivity contribution is -0.326. The molecule has 2 saturated heterocycles. The van der Waals surface area contributed by atoms with Crippen LogP contribution in [0.3, 0.4) is 0 Å². The molecular formula is C24H38O11. The van der Waals surface area contributed by atoms with Gasteiger partial charge in [0.1, 0.15) is 42.7 Å². The van der Waals surface area contributed by atoms with E-state index in [0.29, 0.717) is 12.8 Å². The van der Waals surface area contributed by atoms with Gasteiger partial charge in [-0.1, -0.05) is 19.9 Å². The van der Waals surface area contributed by atoms with Gasteiger partial charge in [0.15, 0.2) is 18.4 Å². The summed E-state index contributed by atoms with van der Waals surface area (Å²) in [7, 11) is 0. The zero-order chi connectivity index (χ0) is 26.1. The molecule has 0 radical (unpaired) electrons. The van der Waals surface area contributed by atoms with Crippen LogP contribution < -0.4 is 0 Å². The summed E-state index contributed by atoms with van der Waals surface area (Å²) < 4.78 is 22.1. The van der Waals surface area contributed by atoms with Crippen LogP contribution in [0.25, 0.3) is 0 Å². The Labute approximate surface area is 204 Å². The Bertz CT molecular complexity index is 809. The topological polar surface area (TPSA) is 175 Å². The van der Waals surface area contributed by atoms with Crippen molar-refractivity contribution in [2.45, 2.75) is 102 Å². The van der Waals surface area contributed by atoms with Crippen molar-refractivity contribution in [3.8, 4) is 0 Å². The number of carbonyl (C=O) groups excluding carboxylic acids is 1. The minimum Gasteiger partial charge on any atom is -0.388 e. The van der Waals surface area contributed by atoms with Crippen molar-refractivity contribution in [1.29, 1.82) is 0 Å². The summed E-state index contributed by atoms with van der Waals surface area (Å²) in [4.78, 5) is 11.9. The summed E-state index contributed by atoms with van der Waals surface area (Å²) in [5.41, 5.74) is 1.62. The van der Waals surface area contributed by atoms with E-state index >= 15 is 0 Å². The summed E-state index contributed by atoms with van der Waals surface area (Å²) in [5, 5.41) is 60.3. The molecule has 2 heterocycles. The Hall–Kier alpha value is -1.25. The van der Waals surface area contributed by atoms with Gasteiger partial charge in [-0.2, -0.15) is 0 Å². The summed E-state index contributed by atoms with van der Waals surface area (Å²) in [6.07, 6.45) is -8.47. The summed E-state index contributed by atoms with van der Waals surface area (Å²) in [6, 6.07) is 0. The molecule has 0 spiro atoms. The maximum atomic E-state index is 11.9. The zero-order valence-corrected chi connectivity index (χ0v) is 20.5. The van der Waals surface area contributed by atoms with Crippen molar-refractivity contribution in [3.63, 3.8) is 0 Å². The molecule has 0 amide bonds. The van der Waals surface area contributed by atoms with E-state index in [2.05, 4.69) is 0 Å². The van der Waals surface area contributed by atoms with Crippen LogP contribution in [0.1, 0.15) is 40.5 Å². The second-order valence-electron chi connectivity index (χ2n) is 10.3. The van der Waals surface area contributed by atoms with E-state index < -0.39 is 61.4 Å². The molecule has 0 saturated carbocycles. The largest absolute Gasteiger partial charge is 0.388 e. The third kappa shape index (κ3) is 6.55. The molecule has 35 heavy (non-hydrogen) atoms. The number of hydrogen-bond acceptors (Lipinski definition) is 11. The van der Waals surface area contributed by atoms with Gasteiger partial charge < -0.3 is 49.6 Å². The maximum Gasteiger partial charge on any atom is 0.186 e. The predicted molar refractivity (Wildman–Crippen MR) is 121 cm³/mol. The van der Waals surface area contributed by atoms with Gasteiger partial charge in [0.05, 0.1) is 19.3 Å². The van der Waals surface area contributed by atoms with Crippen LogP contribution in [-0.2, 0) is 23.7 Å². The maximum absolute atomic E-state index is 11.9. The van der Waals surface area contributed by atoms with Crippen molar-refractivity contribution in [2.75, 3.05) is 13.2 Å². The van der Waals surface area contributed by atoms with Gasteiger partial charge in [0, 0.05) is 6.42 Å². The minimum absolute atomic E-state index is 0.0883. The fourth-order valence-corrected chi connectivity index (χ4v) is 4.72. The smallest absolute Gasteiger partial charge is 0.186 e. The Morgan fingerprint density at radius 1 is 1.06 bits per heavy atom. The third-order valence-corrected chi connectivity index (χ3v) is 6.72. The molecular weight excluding hydrogens is 464 g/mol. The van der Waals surface area contributed by atoms with Crippen LogP contribution in [0.4, 0.5) is 0 Å². The van der Waals surface area contributed by atoms with Crippen molar-refractivity contribution < 1.29 is 54.4 Å². The van der Waals surface area contributed by atoms with Gasteiger partial charge in [0.2, 0.25) is 0 Å². The highest BCUT2D eigenvalue weighted by atomic mass is 16.7. The van der Waals surface area contributed by atoms with Gasteiger partial charge in [-0.3, -0.25) is 4.79 Å². The number of hydrogen-bond donors (Lipinski definition) is 6. The number of ether oxygens (including phenoxy) is 4. The highest BCUT2D eigenvalue weighted by Crippen LogP contribution is 2.39. The first-order valence-corrected chi connectivity index (χ1v) is 11.9. The number of carbonyl (C=O) groups is 1. The number of ketones is 1. The zero-order valence-electron chi connectivity index (χ0n) is 20.5.